The molecular weight excluding hydrogens is 318 g/mol. The molecule has 0 amide bonds. The van der Waals surface area contributed by atoms with E-state index in [1.165, 1.54) is 12.8 Å². The zero-order valence-corrected chi connectivity index (χ0v) is 15.4. The van der Waals surface area contributed by atoms with Crippen molar-refractivity contribution in [3.05, 3.63) is 41.5 Å². The highest BCUT2D eigenvalue weighted by molar-refractivity contribution is 5.34. The van der Waals surface area contributed by atoms with Gasteiger partial charge < -0.3 is 4.74 Å². The maximum absolute atomic E-state index is 14.7. The number of ether oxygens (including phenoxy) is 1. The molecule has 2 aliphatic carbocycles. The minimum Gasteiger partial charge on any atom is -0.490 e. The third kappa shape index (κ3) is 3.75. The van der Waals surface area contributed by atoms with Gasteiger partial charge in [-0.1, -0.05) is 38.5 Å². The third-order valence-corrected chi connectivity index (χ3v) is 6.04. The Morgan fingerprint density at radius 1 is 1.00 bits per heavy atom. The van der Waals surface area contributed by atoms with Crippen molar-refractivity contribution < 1.29 is 13.5 Å². The smallest absolute Gasteiger partial charge is 0.200 e. The minimum absolute atomic E-state index is 0.0458. The first-order chi connectivity index (χ1) is 12.2. The Kier molecular flexibility index (Phi) is 6.14. The lowest BCUT2D eigenvalue weighted by atomic mass is 9.84. The Balaban J connectivity index is 1.74. The molecule has 2 fully saturated rings. The van der Waals surface area contributed by atoms with Gasteiger partial charge in [0.05, 0.1) is 6.61 Å². The van der Waals surface area contributed by atoms with Gasteiger partial charge in [-0.15, -0.1) is 0 Å². The van der Waals surface area contributed by atoms with Crippen LogP contribution in [0, 0.1) is 29.4 Å². The average Bonchev–Trinajstić information content (AvgIpc) is 3.20. The predicted octanol–water partition coefficient (Wildman–Crippen LogP) is 6.63. The number of benzene rings is 1. The first-order valence-corrected chi connectivity index (χ1v) is 9.94. The molecule has 0 bridgehead atoms. The Hall–Kier alpha value is -1.38. The van der Waals surface area contributed by atoms with Crippen LogP contribution in [0.15, 0.2) is 24.3 Å². The van der Waals surface area contributed by atoms with E-state index in [1.807, 2.05) is 6.92 Å². The topological polar surface area (TPSA) is 9.23 Å². The number of halogens is 2. The second-order valence-electron chi connectivity index (χ2n) is 7.60. The van der Waals surface area contributed by atoms with E-state index >= 15 is 0 Å². The van der Waals surface area contributed by atoms with Crippen LogP contribution in [0.4, 0.5) is 8.78 Å². The average molecular weight is 348 g/mol. The number of fused-ring (bicyclic) bond motifs is 1. The van der Waals surface area contributed by atoms with Crippen LogP contribution in [0.2, 0.25) is 0 Å². The molecule has 3 rings (SSSR count). The lowest BCUT2D eigenvalue weighted by Crippen LogP contribution is -2.13. The minimum atomic E-state index is -0.813. The highest BCUT2D eigenvalue weighted by Crippen LogP contribution is 2.55. The maximum atomic E-state index is 14.7. The van der Waals surface area contributed by atoms with Gasteiger partial charge in [0.15, 0.2) is 11.6 Å². The SMILES string of the molecule is CCCC=CC1CCC2C(c3ccc(OCCC)c(F)c3F)CCC12. The number of unbranched alkanes of at least 4 members (excludes halogenated alkanes) is 1. The van der Waals surface area contributed by atoms with Crippen LogP contribution in [0.25, 0.3) is 0 Å². The highest BCUT2D eigenvalue weighted by Gasteiger charge is 2.45. The molecule has 1 aromatic carbocycles. The first-order valence-electron chi connectivity index (χ1n) is 9.94. The van der Waals surface area contributed by atoms with Crippen LogP contribution < -0.4 is 4.74 Å². The lowest BCUT2D eigenvalue weighted by Gasteiger charge is -2.21. The van der Waals surface area contributed by atoms with Gasteiger partial charge in [0.2, 0.25) is 5.82 Å². The van der Waals surface area contributed by atoms with Crippen LogP contribution >= 0.6 is 0 Å². The summed E-state index contributed by atoms with van der Waals surface area (Å²) < 4.78 is 34.3. The summed E-state index contributed by atoms with van der Waals surface area (Å²) >= 11 is 0. The second kappa shape index (κ2) is 8.33. The van der Waals surface area contributed by atoms with E-state index in [1.54, 1.807) is 12.1 Å². The molecule has 0 spiro atoms. The van der Waals surface area contributed by atoms with Crippen molar-refractivity contribution >= 4 is 0 Å². The quantitative estimate of drug-likeness (QED) is 0.502. The molecule has 4 unspecified atom stereocenters. The van der Waals surface area contributed by atoms with Crippen molar-refractivity contribution in [1.29, 1.82) is 0 Å². The molecule has 25 heavy (non-hydrogen) atoms. The van der Waals surface area contributed by atoms with Crippen molar-refractivity contribution in [2.45, 2.75) is 64.7 Å². The van der Waals surface area contributed by atoms with Gasteiger partial charge in [-0.2, -0.15) is 4.39 Å². The van der Waals surface area contributed by atoms with E-state index < -0.39 is 11.6 Å². The first kappa shape index (κ1) is 18.4. The Labute approximate surface area is 150 Å². The monoisotopic (exact) mass is 348 g/mol. The van der Waals surface area contributed by atoms with Crippen molar-refractivity contribution in [2.24, 2.45) is 17.8 Å². The number of rotatable bonds is 7. The normalized spacial score (nSPS) is 28.6. The Bertz CT molecular complexity index is 610. The summed E-state index contributed by atoms with van der Waals surface area (Å²) in [5, 5.41) is 0. The molecule has 0 saturated heterocycles. The molecular formula is C22H30F2O. The summed E-state index contributed by atoms with van der Waals surface area (Å²) in [5.74, 6) is 0.454. The highest BCUT2D eigenvalue weighted by atomic mass is 19.2. The fourth-order valence-corrected chi connectivity index (χ4v) is 4.86. The molecule has 2 aliphatic rings. The molecule has 0 aliphatic heterocycles. The molecule has 0 aromatic heterocycles. The molecule has 1 nitrogen and oxygen atoms in total. The van der Waals surface area contributed by atoms with Gasteiger partial charge in [0.25, 0.3) is 0 Å². The van der Waals surface area contributed by atoms with Crippen molar-refractivity contribution in [2.75, 3.05) is 6.61 Å². The second-order valence-corrected chi connectivity index (χ2v) is 7.60. The lowest BCUT2D eigenvalue weighted by molar-refractivity contribution is 0.293. The molecule has 138 valence electrons. The summed E-state index contributed by atoms with van der Waals surface area (Å²) in [7, 11) is 0. The van der Waals surface area contributed by atoms with E-state index in [-0.39, 0.29) is 11.7 Å². The van der Waals surface area contributed by atoms with Gasteiger partial charge in [0, 0.05) is 0 Å². The standard InChI is InChI=1S/C22H30F2O/c1-3-5-6-7-15-8-9-17-16(15)10-11-18(17)19-12-13-20(25-14-4-2)22(24)21(19)23/h6-7,12-13,15-18H,3-5,8-11,14H2,1-2H3. The Morgan fingerprint density at radius 2 is 1.80 bits per heavy atom. The van der Waals surface area contributed by atoms with E-state index in [0.29, 0.717) is 29.9 Å². The number of hydrogen-bond acceptors (Lipinski definition) is 1. The van der Waals surface area contributed by atoms with Crippen LogP contribution in [-0.4, -0.2) is 6.61 Å². The molecule has 2 saturated carbocycles. The summed E-state index contributed by atoms with van der Waals surface area (Å²) in [6.45, 7) is 4.56. The fraction of sp³-hybridized carbons (Fsp3) is 0.636. The molecule has 4 atom stereocenters. The predicted molar refractivity (Wildman–Crippen MR) is 97.9 cm³/mol. The van der Waals surface area contributed by atoms with E-state index in [2.05, 4.69) is 19.1 Å². The molecule has 1 aromatic rings. The molecule has 3 heteroatoms. The van der Waals surface area contributed by atoms with Crippen LogP contribution in [0.3, 0.4) is 0 Å². The van der Waals surface area contributed by atoms with Gasteiger partial charge in [-0.25, -0.2) is 4.39 Å². The summed E-state index contributed by atoms with van der Waals surface area (Å²) in [6.07, 6.45) is 12.2. The van der Waals surface area contributed by atoms with E-state index in [4.69, 9.17) is 4.74 Å². The van der Waals surface area contributed by atoms with Crippen LogP contribution in [0.5, 0.6) is 5.75 Å². The van der Waals surface area contributed by atoms with Crippen LogP contribution in [-0.2, 0) is 0 Å². The zero-order chi connectivity index (χ0) is 17.8. The third-order valence-electron chi connectivity index (χ3n) is 6.04. The van der Waals surface area contributed by atoms with Crippen LogP contribution in [0.1, 0.15) is 70.3 Å². The number of hydrogen-bond donors (Lipinski definition) is 0. The van der Waals surface area contributed by atoms with Gasteiger partial charge in [-0.3, -0.25) is 0 Å². The van der Waals surface area contributed by atoms with Gasteiger partial charge >= 0.3 is 0 Å². The van der Waals surface area contributed by atoms with Crippen molar-refractivity contribution in [3.8, 4) is 5.75 Å². The molecule has 0 N–H and O–H groups in total. The fourth-order valence-electron chi connectivity index (χ4n) is 4.86. The summed E-state index contributed by atoms with van der Waals surface area (Å²) in [6, 6.07) is 3.38. The van der Waals surface area contributed by atoms with Crippen molar-refractivity contribution in [3.63, 3.8) is 0 Å². The van der Waals surface area contributed by atoms with E-state index in [9.17, 15) is 8.78 Å². The zero-order valence-electron chi connectivity index (χ0n) is 15.4. The van der Waals surface area contributed by atoms with Gasteiger partial charge in [0.1, 0.15) is 0 Å². The molecule has 0 radical (unpaired) electrons. The number of allylic oxidation sites excluding steroid dienone is 2. The largest absolute Gasteiger partial charge is 0.490 e. The maximum Gasteiger partial charge on any atom is 0.200 e. The molecule has 0 heterocycles. The van der Waals surface area contributed by atoms with E-state index in [0.717, 1.165) is 32.1 Å². The van der Waals surface area contributed by atoms with Gasteiger partial charge in [-0.05, 0) is 73.8 Å². The Morgan fingerprint density at radius 3 is 2.56 bits per heavy atom. The summed E-state index contributed by atoms with van der Waals surface area (Å²) in [5.41, 5.74) is 0.562. The summed E-state index contributed by atoms with van der Waals surface area (Å²) in [4.78, 5) is 0. The van der Waals surface area contributed by atoms with Crippen molar-refractivity contribution in [1.82, 2.24) is 0 Å².